The molecule has 0 unspecified atom stereocenters. The zero-order chi connectivity index (χ0) is 22.1. The molecule has 0 fully saturated rings. The zero-order valence-electron chi connectivity index (χ0n) is 16.9. The van der Waals surface area contributed by atoms with Crippen molar-refractivity contribution >= 4 is 44.6 Å². The number of thioether (sulfide) groups is 1. The number of nitrogens with zero attached hydrogens (tertiary/aromatic N) is 4. The molecule has 0 aliphatic carbocycles. The van der Waals surface area contributed by atoms with Crippen molar-refractivity contribution in [2.24, 2.45) is 14.1 Å². The molecule has 158 valence electrons. The number of aromatic nitrogens is 4. The van der Waals surface area contributed by atoms with Crippen LogP contribution in [0.1, 0.15) is 15.9 Å². The van der Waals surface area contributed by atoms with E-state index < -0.39 is 11.2 Å². The number of hydrogen-bond acceptors (Lipinski definition) is 5. The van der Waals surface area contributed by atoms with E-state index in [1.165, 1.54) is 20.9 Å². The Balaban J connectivity index is 1.68. The Morgan fingerprint density at radius 3 is 2.35 bits per heavy atom. The Bertz CT molecular complexity index is 1390. The van der Waals surface area contributed by atoms with Gasteiger partial charge in [0.05, 0.1) is 12.3 Å². The summed E-state index contributed by atoms with van der Waals surface area (Å²) in [5.74, 6) is 0.130. The number of carbonyl (C=O) groups is 1. The molecule has 0 saturated heterocycles. The van der Waals surface area contributed by atoms with Gasteiger partial charge in [-0.05, 0) is 17.7 Å². The lowest BCUT2D eigenvalue weighted by atomic mass is 10.2. The average molecular weight is 499 g/mol. The highest BCUT2D eigenvalue weighted by Gasteiger charge is 2.19. The number of fused-ring (bicyclic) bond motifs is 1. The summed E-state index contributed by atoms with van der Waals surface area (Å²) in [4.78, 5) is 42.9. The standard InChI is InChI=1S/C22H19BrN4O3S/c1-25-18-19(24-21(25)31-13-17(28)15-8-10-16(23)11-9-15)26(2)22(30)27(20(18)29)12-14-6-4-3-5-7-14/h3-11H,12-13H2,1-2H3. The van der Waals surface area contributed by atoms with E-state index in [9.17, 15) is 14.4 Å². The Hall–Kier alpha value is -2.91. The van der Waals surface area contributed by atoms with Crippen molar-refractivity contribution in [2.45, 2.75) is 11.7 Å². The van der Waals surface area contributed by atoms with Crippen LogP contribution in [0.15, 0.2) is 73.8 Å². The lowest BCUT2D eigenvalue weighted by Crippen LogP contribution is -2.39. The summed E-state index contributed by atoms with van der Waals surface area (Å²) in [6.45, 7) is 0.179. The minimum absolute atomic E-state index is 0.0417. The van der Waals surface area contributed by atoms with Gasteiger partial charge in [-0.25, -0.2) is 9.78 Å². The quantitative estimate of drug-likeness (QED) is 0.301. The summed E-state index contributed by atoms with van der Waals surface area (Å²) in [5.41, 5.74) is 1.27. The minimum atomic E-state index is -0.429. The van der Waals surface area contributed by atoms with E-state index in [2.05, 4.69) is 20.9 Å². The third kappa shape index (κ3) is 4.15. The number of benzene rings is 2. The highest BCUT2D eigenvalue weighted by atomic mass is 79.9. The lowest BCUT2D eigenvalue weighted by molar-refractivity contribution is 0.102. The molecule has 0 N–H and O–H groups in total. The van der Waals surface area contributed by atoms with Gasteiger partial charge in [-0.1, -0.05) is 70.2 Å². The maximum absolute atomic E-state index is 13.1. The number of ketones is 1. The molecule has 31 heavy (non-hydrogen) atoms. The Labute approximate surface area is 190 Å². The van der Waals surface area contributed by atoms with E-state index in [1.807, 2.05) is 42.5 Å². The first-order chi connectivity index (χ1) is 14.9. The van der Waals surface area contributed by atoms with E-state index in [0.29, 0.717) is 21.9 Å². The third-order valence-electron chi connectivity index (χ3n) is 5.00. The summed E-state index contributed by atoms with van der Waals surface area (Å²) in [7, 11) is 3.32. The van der Waals surface area contributed by atoms with Crippen LogP contribution in [0.3, 0.4) is 0 Å². The molecule has 7 nitrogen and oxygen atoms in total. The van der Waals surface area contributed by atoms with Crippen LogP contribution in [0.2, 0.25) is 0 Å². The summed E-state index contributed by atoms with van der Waals surface area (Å²) in [6, 6.07) is 16.5. The monoisotopic (exact) mass is 498 g/mol. The molecule has 2 aromatic carbocycles. The van der Waals surface area contributed by atoms with Crippen molar-refractivity contribution in [3.05, 3.63) is 91.0 Å². The second-order valence-corrected chi connectivity index (χ2v) is 8.92. The van der Waals surface area contributed by atoms with Crippen molar-refractivity contribution in [2.75, 3.05) is 5.75 Å². The van der Waals surface area contributed by atoms with Gasteiger partial charge < -0.3 is 4.57 Å². The minimum Gasteiger partial charge on any atom is -0.316 e. The molecular weight excluding hydrogens is 480 g/mol. The van der Waals surface area contributed by atoms with Gasteiger partial charge in [-0.3, -0.25) is 18.7 Å². The van der Waals surface area contributed by atoms with Crippen LogP contribution < -0.4 is 11.2 Å². The number of imidazole rings is 1. The Morgan fingerprint density at radius 2 is 1.68 bits per heavy atom. The Morgan fingerprint density at radius 1 is 1.00 bits per heavy atom. The van der Waals surface area contributed by atoms with Crippen LogP contribution >= 0.6 is 27.7 Å². The molecule has 4 aromatic rings. The molecule has 0 radical (unpaired) electrons. The first-order valence-electron chi connectivity index (χ1n) is 9.48. The highest BCUT2D eigenvalue weighted by Crippen LogP contribution is 2.22. The predicted octanol–water partition coefficient (Wildman–Crippen LogP) is 3.22. The van der Waals surface area contributed by atoms with E-state index in [1.54, 1.807) is 30.8 Å². The maximum Gasteiger partial charge on any atom is 0.332 e. The zero-order valence-corrected chi connectivity index (χ0v) is 19.3. The fraction of sp³-hybridized carbons (Fsp3) is 0.182. The topological polar surface area (TPSA) is 78.9 Å². The maximum atomic E-state index is 13.1. The largest absolute Gasteiger partial charge is 0.332 e. The van der Waals surface area contributed by atoms with Gasteiger partial charge in [0.15, 0.2) is 22.1 Å². The molecule has 4 rings (SSSR count). The summed E-state index contributed by atoms with van der Waals surface area (Å²) in [5, 5.41) is 0.505. The second-order valence-electron chi connectivity index (χ2n) is 7.06. The van der Waals surface area contributed by atoms with Gasteiger partial charge in [0.25, 0.3) is 5.56 Å². The first kappa shape index (κ1) is 21.3. The van der Waals surface area contributed by atoms with Crippen LogP contribution in [-0.4, -0.2) is 30.2 Å². The number of halogens is 1. The SMILES string of the molecule is Cn1c(SCC(=O)c2ccc(Br)cc2)nc2c1c(=O)n(Cc1ccccc1)c(=O)n2C. The lowest BCUT2D eigenvalue weighted by Gasteiger charge is -2.08. The van der Waals surface area contributed by atoms with Crippen LogP contribution in [-0.2, 0) is 20.6 Å². The van der Waals surface area contributed by atoms with Crippen molar-refractivity contribution < 1.29 is 4.79 Å². The number of hydrogen-bond donors (Lipinski definition) is 0. The van der Waals surface area contributed by atoms with Crippen LogP contribution in [0, 0.1) is 0 Å². The number of carbonyl (C=O) groups excluding carboxylic acids is 1. The molecule has 0 spiro atoms. The molecule has 0 aliphatic heterocycles. The molecule has 0 aliphatic rings. The second kappa shape index (κ2) is 8.68. The smallest absolute Gasteiger partial charge is 0.316 e. The van der Waals surface area contributed by atoms with Gasteiger partial charge >= 0.3 is 5.69 Å². The normalized spacial score (nSPS) is 11.2. The molecule has 9 heteroatoms. The van der Waals surface area contributed by atoms with Crippen LogP contribution in [0.5, 0.6) is 0 Å². The van der Waals surface area contributed by atoms with Crippen molar-refractivity contribution in [3.63, 3.8) is 0 Å². The molecule has 0 saturated carbocycles. The van der Waals surface area contributed by atoms with Crippen molar-refractivity contribution in [3.8, 4) is 0 Å². The average Bonchev–Trinajstić information content (AvgIpc) is 3.11. The number of aryl methyl sites for hydroxylation is 2. The van der Waals surface area contributed by atoms with E-state index in [-0.39, 0.29) is 18.1 Å². The molecule has 0 amide bonds. The first-order valence-corrected chi connectivity index (χ1v) is 11.3. The highest BCUT2D eigenvalue weighted by molar-refractivity contribution is 9.10. The molecular formula is C22H19BrN4O3S. The van der Waals surface area contributed by atoms with Crippen molar-refractivity contribution in [1.29, 1.82) is 0 Å². The van der Waals surface area contributed by atoms with Crippen molar-refractivity contribution in [1.82, 2.24) is 18.7 Å². The van der Waals surface area contributed by atoms with E-state index >= 15 is 0 Å². The van der Waals surface area contributed by atoms with Gasteiger partial charge in [-0.15, -0.1) is 0 Å². The van der Waals surface area contributed by atoms with E-state index in [0.717, 1.165) is 10.0 Å². The van der Waals surface area contributed by atoms with Crippen LogP contribution in [0.4, 0.5) is 0 Å². The Kier molecular flexibility index (Phi) is 5.97. The summed E-state index contributed by atoms with van der Waals surface area (Å²) < 4.78 is 5.14. The molecule has 2 heterocycles. The summed E-state index contributed by atoms with van der Waals surface area (Å²) >= 11 is 4.60. The fourth-order valence-corrected chi connectivity index (χ4v) is 4.43. The summed E-state index contributed by atoms with van der Waals surface area (Å²) in [6.07, 6.45) is 0. The van der Waals surface area contributed by atoms with Gasteiger partial charge in [0, 0.05) is 24.1 Å². The number of Topliss-reactive ketones (excluding diaryl/α,β-unsaturated/α-hetero) is 1. The van der Waals surface area contributed by atoms with Gasteiger partial charge in [0.2, 0.25) is 0 Å². The van der Waals surface area contributed by atoms with E-state index in [4.69, 9.17) is 0 Å². The third-order valence-corrected chi connectivity index (χ3v) is 6.56. The van der Waals surface area contributed by atoms with Crippen LogP contribution in [0.25, 0.3) is 11.2 Å². The number of rotatable bonds is 6. The van der Waals surface area contributed by atoms with Gasteiger partial charge in [0.1, 0.15) is 0 Å². The predicted molar refractivity (Wildman–Crippen MR) is 125 cm³/mol. The van der Waals surface area contributed by atoms with Gasteiger partial charge in [-0.2, -0.15) is 0 Å². The fourth-order valence-electron chi connectivity index (χ4n) is 3.31. The molecule has 0 bridgehead atoms. The molecule has 2 aromatic heterocycles. The molecule has 0 atom stereocenters.